The summed E-state index contributed by atoms with van der Waals surface area (Å²) in [5.74, 6) is -1.21. The SMILES string of the molecule is O=C([O-])c1cccc(Cl)c1.c1c[nH+]c2[nH]ccc2c1. The Morgan fingerprint density at radius 3 is 2.68 bits per heavy atom. The molecule has 2 N–H and O–H groups in total. The van der Waals surface area contributed by atoms with E-state index in [2.05, 4.69) is 16.0 Å². The van der Waals surface area contributed by atoms with Gasteiger partial charge in [0, 0.05) is 5.02 Å². The quantitative estimate of drug-likeness (QED) is 0.733. The molecule has 2 aromatic heterocycles. The number of nitrogens with one attached hydrogen (secondary N) is 2. The summed E-state index contributed by atoms with van der Waals surface area (Å²) in [5, 5.41) is 11.8. The van der Waals surface area contributed by atoms with Gasteiger partial charge >= 0.3 is 0 Å². The number of fused-ring (bicyclic) bond motifs is 1. The zero-order chi connectivity index (χ0) is 13.7. The van der Waals surface area contributed by atoms with Crippen LogP contribution in [0.1, 0.15) is 10.4 Å². The maximum atomic E-state index is 10.2. The second-order valence-electron chi connectivity index (χ2n) is 3.78. The second-order valence-corrected chi connectivity index (χ2v) is 4.21. The minimum absolute atomic E-state index is 0.104. The molecule has 0 radical (unpaired) electrons. The molecule has 0 aliphatic carbocycles. The topological polar surface area (TPSA) is 70.1 Å². The summed E-state index contributed by atoms with van der Waals surface area (Å²) < 4.78 is 0. The summed E-state index contributed by atoms with van der Waals surface area (Å²) in [6.07, 6.45) is 3.82. The van der Waals surface area contributed by atoms with Crippen LogP contribution >= 0.6 is 11.6 Å². The van der Waals surface area contributed by atoms with E-state index in [-0.39, 0.29) is 5.56 Å². The van der Waals surface area contributed by atoms with E-state index >= 15 is 0 Å². The third-order valence-corrected chi connectivity index (χ3v) is 2.67. The Balaban J connectivity index is 0.000000141. The largest absolute Gasteiger partial charge is 0.545 e. The number of carbonyl (C=O) groups excluding carboxylic acids is 1. The highest BCUT2D eigenvalue weighted by atomic mass is 35.5. The fourth-order valence-electron chi connectivity index (χ4n) is 1.54. The molecular formula is C14H11ClN2O2. The van der Waals surface area contributed by atoms with Gasteiger partial charge in [-0.2, -0.15) is 0 Å². The van der Waals surface area contributed by atoms with Crippen LogP contribution in [0.25, 0.3) is 11.0 Å². The van der Waals surface area contributed by atoms with Gasteiger partial charge in [-0.3, -0.25) is 0 Å². The molecule has 5 heteroatoms. The number of hydrogen-bond acceptors (Lipinski definition) is 2. The van der Waals surface area contributed by atoms with Crippen molar-refractivity contribution in [2.24, 2.45) is 0 Å². The lowest BCUT2D eigenvalue weighted by Gasteiger charge is -2.00. The van der Waals surface area contributed by atoms with Gasteiger partial charge in [0.05, 0.1) is 23.7 Å². The van der Waals surface area contributed by atoms with E-state index in [0.29, 0.717) is 5.02 Å². The van der Waals surface area contributed by atoms with Gasteiger partial charge in [0.15, 0.2) is 0 Å². The Hall–Kier alpha value is -2.33. The molecule has 0 fully saturated rings. The summed E-state index contributed by atoms with van der Waals surface area (Å²) in [6.45, 7) is 0. The summed E-state index contributed by atoms with van der Waals surface area (Å²) >= 11 is 5.50. The fraction of sp³-hybridized carbons (Fsp3) is 0. The fourth-order valence-corrected chi connectivity index (χ4v) is 1.73. The van der Waals surface area contributed by atoms with Gasteiger partial charge in [-0.1, -0.05) is 23.7 Å². The Bertz CT molecular complexity index is 664. The molecule has 0 saturated carbocycles. The van der Waals surface area contributed by atoms with E-state index in [0.717, 1.165) is 5.65 Å². The number of H-pyrrole nitrogens is 2. The highest BCUT2D eigenvalue weighted by molar-refractivity contribution is 6.30. The molecule has 3 aromatic rings. The third-order valence-electron chi connectivity index (χ3n) is 2.44. The molecule has 1 aromatic carbocycles. The predicted molar refractivity (Wildman–Crippen MR) is 70.6 cm³/mol. The maximum absolute atomic E-state index is 10.2. The Morgan fingerprint density at radius 2 is 2.05 bits per heavy atom. The van der Waals surface area contributed by atoms with Crippen molar-refractivity contribution in [3.63, 3.8) is 0 Å². The number of benzene rings is 1. The number of aromatic nitrogens is 2. The van der Waals surface area contributed by atoms with E-state index < -0.39 is 5.97 Å². The lowest BCUT2D eigenvalue weighted by molar-refractivity contribution is -0.347. The molecule has 4 nitrogen and oxygen atoms in total. The van der Waals surface area contributed by atoms with Crippen molar-refractivity contribution >= 4 is 28.6 Å². The molecule has 0 aliphatic heterocycles. The lowest BCUT2D eigenvalue weighted by Crippen LogP contribution is -2.21. The van der Waals surface area contributed by atoms with Crippen molar-refractivity contribution in [1.82, 2.24) is 4.98 Å². The minimum atomic E-state index is -1.21. The standard InChI is InChI=1S/C7H5ClO2.C7H6N2/c8-6-3-1-2-5(4-6)7(9)10;1-2-6-3-5-9-7(6)8-4-1/h1-4H,(H,9,10);1-5H,(H,8,9). The number of carbonyl (C=O) groups is 1. The molecule has 19 heavy (non-hydrogen) atoms. The van der Waals surface area contributed by atoms with E-state index in [1.165, 1.54) is 17.5 Å². The van der Waals surface area contributed by atoms with Gasteiger partial charge in [-0.25, -0.2) is 9.97 Å². The number of carboxylic acids is 1. The zero-order valence-electron chi connectivity index (χ0n) is 9.89. The summed E-state index contributed by atoms with van der Waals surface area (Å²) in [6, 6.07) is 12.0. The lowest BCUT2D eigenvalue weighted by atomic mass is 10.2. The van der Waals surface area contributed by atoms with Gasteiger partial charge in [-0.05, 0) is 35.9 Å². The van der Waals surface area contributed by atoms with Crippen LogP contribution in [0.2, 0.25) is 5.02 Å². The maximum Gasteiger partial charge on any atom is 0.284 e. The Labute approximate surface area is 114 Å². The number of halogens is 1. The molecule has 3 rings (SSSR count). The van der Waals surface area contributed by atoms with Crippen LogP contribution in [0.5, 0.6) is 0 Å². The molecule has 0 atom stereocenters. The monoisotopic (exact) mass is 274 g/mol. The first kappa shape index (κ1) is 13.1. The third kappa shape index (κ3) is 3.56. The van der Waals surface area contributed by atoms with Crippen molar-refractivity contribution in [2.45, 2.75) is 0 Å². The highest BCUT2D eigenvalue weighted by Crippen LogP contribution is 2.09. The smallest absolute Gasteiger partial charge is 0.284 e. The number of aromatic carboxylic acids is 1. The number of aromatic amines is 2. The molecule has 0 aliphatic rings. The second kappa shape index (κ2) is 6.02. The highest BCUT2D eigenvalue weighted by Gasteiger charge is 1.95. The molecule has 0 saturated heterocycles. The number of hydrogen-bond donors (Lipinski definition) is 1. The van der Waals surface area contributed by atoms with Crippen LogP contribution in [0.3, 0.4) is 0 Å². The van der Waals surface area contributed by atoms with Gasteiger partial charge < -0.3 is 9.90 Å². The van der Waals surface area contributed by atoms with Crippen LogP contribution in [-0.2, 0) is 0 Å². The predicted octanol–water partition coefficient (Wildman–Crippen LogP) is 1.69. The average Bonchev–Trinajstić information content (AvgIpc) is 2.87. The van der Waals surface area contributed by atoms with E-state index in [4.69, 9.17) is 11.6 Å². The van der Waals surface area contributed by atoms with Crippen LogP contribution in [0, 0.1) is 0 Å². The zero-order valence-corrected chi connectivity index (χ0v) is 10.6. The molecular weight excluding hydrogens is 264 g/mol. The molecule has 2 heterocycles. The van der Waals surface area contributed by atoms with Gasteiger partial charge in [0.2, 0.25) is 0 Å². The number of rotatable bonds is 1. The van der Waals surface area contributed by atoms with Gasteiger partial charge in [-0.15, -0.1) is 0 Å². The van der Waals surface area contributed by atoms with E-state index in [1.807, 2.05) is 24.5 Å². The molecule has 0 bridgehead atoms. The first-order valence-electron chi connectivity index (χ1n) is 5.57. The average molecular weight is 275 g/mol. The van der Waals surface area contributed by atoms with Crippen LogP contribution in [-0.4, -0.2) is 11.0 Å². The minimum Gasteiger partial charge on any atom is -0.545 e. The molecule has 0 amide bonds. The summed E-state index contributed by atoms with van der Waals surface area (Å²) in [4.78, 5) is 16.3. The number of pyridine rings is 1. The van der Waals surface area contributed by atoms with Gasteiger partial charge in [0.1, 0.15) is 0 Å². The first-order chi connectivity index (χ1) is 9.16. The normalized spacial score (nSPS) is 9.74. The van der Waals surface area contributed by atoms with Crippen LogP contribution in [0.4, 0.5) is 0 Å². The molecule has 0 spiro atoms. The molecule has 96 valence electrons. The van der Waals surface area contributed by atoms with Crippen molar-refractivity contribution in [3.8, 4) is 0 Å². The number of carboxylic acid groups (broad SMARTS) is 1. The van der Waals surface area contributed by atoms with Crippen LogP contribution in [0.15, 0.2) is 54.9 Å². The van der Waals surface area contributed by atoms with Crippen molar-refractivity contribution in [2.75, 3.05) is 0 Å². The summed E-state index contributed by atoms with van der Waals surface area (Å²) in [5.41, 5.74) is 1.19. The Kier molecular flexibility index (Phi) is 4.15. The Morgan fingerprint density at radius 1 is 1.21 bits per heavy atom. The van der Waals surface area contributed by atoms with Gasteiger partial charge in [0.25, 0.3) is 5.65 Å². The van der Waals surface area contributed by atoms with Crippen LogP contribution < -0.4 is 10.1 Å². The van der Waals surface area contributed by atoms with E-state index in [9.17, 15) is 9.90 Å². The molecule has 0 unspecified atom stereocenters. The van der Waals surface area contributed by atoms with Crippen molar-refractivity contribution in [1.29, 1.82) is 0 Å². The summed E-state index contributed by atoms with van der Waals surface area (Å²) in [7, 11) is 0. The van der Waals surface area contributed by atoms with E-state index in [1.54, 1.807) is 12.1 Å². The van der Waals surface area contributed by atoms with Crippen molar-refractivity contribution in [3.05, 3.63) is 65.4 Å². The first-order valence-corrected chi connectivity index (χ1v) is 5.95. The van der Waals surface area contributed by atoms with Crippen molar-refractivity contribution < 1.29 is 14.9 Å².